The van der Waals surface area contributed by atoms with Crippen molar-refractivity contribution in [2.75, 3.05) is 6.61 Å². The molecule has 0 aliphatic rings. The monoisotopic (exact) mass is 279 g/mol. The molecule has 1 aromatic carbocycles. The van der Waals surface area contributed by atoms with Crippen LogP contribution in [0.3, 0.4) is 0 Å². The van der Waals surface area contributed by atoms with Crippen molar-refractivity contribution in [1.82, 2.24) is 5.32 Å². The SMILES string of the molecule is Cc1cccc(C)c1OCC(C)NC(=O)OC(C)(C)C. The lowest BCUT2D eigenvalue weighted by Crippen LogP contribution is -2.40. The predicted octanol–water partition coefficient (Wildman–Crippen LogP) is 3.60. The standard InChI is InChI=1S/C16H25NO3/c1-11-8-7-9-12(2)14(11)19-10-13(3)17-15(18)20-16(4,5)6/h7-9,13H,10H2,1-6H3,(H,17,18). The van der Waals surface area contributed by atoms with Gasteiger partial charge in [-0.2, -0.15) is 0 Å². The molecule has 0 saturated carbocycles. The van der Waals surface area contributed by atoms with E-state index in [4.69, 9.17) is 9.47 Å². The Bertz CT molecular complexity index is 443. The second-order valence-corrected chi connectivity index (χ2v) is 6.08. The van der Waals surface area contributed by atoms with Crippen LogP contribution in [-0.2, 0) is 4.74 Å². The molecule has 0 bridgehead atoms. The number of hydrogen-bond donors (Lipinski definition) is 1. The van der Waals surface area contributed by atoms with Crippen molar-refractivity contribution in [2.24, 2.45) is 0 Å². The lowest BCUT2D eigenvalue weighted by molar-refractivity contribution is 0.0494. The number of benzene rings is 1. The molecule has 0 aliphatic carbocycles. The summed E-state index contributed by atoms with van der Waals surface area (Å²) in [5.74, 6) is 0.880. The summed E-state index contributed by atoms with van der Waals surface area (Å²) in [7, 11) is 0. The van der Waals surface area contributed by atoms with Gasteiger partial charge in [-0.1, -0.05) is 18.2 Å². The second-order valence-electron chi connectivity index (χ2n) is 6.08. The quantitative estimate of drug-likeness (QED) is 0.916. The largest absolute Gasteiger partial charge is 0.491 e. The zero-order valence-electron chi connectivity index (χ0n) is 13.2. The third kappa shape index (κ3) is 5.51. The van der Waals surface area contributed by atoms with Crippen LogP contribution in [0.1, 0.15) is 38.8 Å². The number of carbonyl (C=O) groups excluding carboxylic acids is 1. The average molecular weight is 279 g/mol. The Morgan fingerprint density at radius 3 is 2.30 bits per heavy atom. The molecule has 20 heavy (non-hydrogen) atoms. The van der Waals surface area contributed by atoms with Crippen molar-refractivity contribution in [3.05, 3.63) is 29.3 Å². The number of aryl methyl sites for hydroxylation is 2. The van der Waals surface area contributed by atoms with Crippen molar-refractivity contribution >= 4 is 6.09 Å². The van der Waals surface area contributed by atoms with E-state index in [1.54, 1.807) is 0 Å². The van der Waals surface area contributed by atoms with Gasteiger partial charge in [0.1, 0.15) is 18.0 Å². The average Bonchev–Trinajstić information content (AvgIpc) is 2.25. The molecule has 1 atom stereocenters. The fourth-order valence-corrected chi connectivity index (χ4v) is 1.79. The van der Waals surface area contributed by atoms with Crippen LogP contribution in [-0.4, -0.2) is 24.3 Å². The van der Waals surface area contributed by atoms with Crippen LogP contribution >= 0.6 is 0 Å². The first kappa shape index (κ1) is 16.3. The first-order valence-electron chi connectivity index (χ1n) is 6.87. The van der Waals surface area contributed by atoms with Gasteiger partial charge in [-0.3, -0.25) is 0 Å². The lowest BCUT2D eigenvalue weighted by Gasteiger charge is -2.22. The Balaban J connectivity index is 2.48. The minimum absolute atomic E-state index is 0.121. The van der Waals surface area contributed by atoms with Gasteiger partial charge in [-0.25, -0.2) is 4.79 Å². The van der Waals surface area contributed by atoms with E-state index in [1.807, 2.05) is 59.7 Å². The molecule has 1 aromatic rings. The van der Waals surface area contributed by atoms with Crippen molar-refractivity contribution < 1.29 is 14.3 Å². The lowest BCUT2D eigenvalue weighted by atomic mass is 10.1. The molecule has 0 spiro atoms. The predicted molar refractivity (Wildman–Crippen MR) is 80.2 cm³/mol. The fourth-order valence-electron chi connectivity index (χ4n) is 1.79. The Morgan fingerprint density at radius 2 is 1.80 bits per heavy atom. The number of hydrogen-bond acceptors (Lipinski definition) is 3. The van der Waals surface area contributed by atoms with Crippen molar-refractivity contribution in [3.63, 3.8) is 0 Å². The molecule has 0 saturated heterocycles. The summed E-state index contributed by atoms with van der Waals surface area (Å²) in [6.07, 6.45) is -0.421. The molecule has 0 aliphatic heterocycles. The number of para-hydroxylation sites is 1. The molecule has 4 heteroatoms. The highest BCUT2D eigenvalue weighted by atomic mass is 16.6. The van der Waals surface area contributed by atoms with E-state index in [0.29, 0.717) is 6.61 Å². The van der Waals surface area contributed by atoms with Crippen molar-refractivity contribution in [1.29, 1.82) is 0 Å². The van der Waals surface area contributed by atoms with Crippen molar-refractivity contribution in [2.45, 2.75) is 53.2 Å². The van der Waals surface area contributed by atoms with Crippen LogP contribution < -0.4 is 10.1 Å². The number of amides is 1. The highest BCUT2D eigenvalue weighted by Crippen LogP contribution is 2.22. The zero-order chi connectivity index (χ0) is 15.3. The summed E-state index contributed by atoms with van der Waals surface area (Å²) in [5, 5.41) is 2.76. The molecule has 0 radical (unpaired) electrons. The van der Waals surface area contributed by atoms with E-state index in [1.165, 1.54) is 0 Å². The molecule has 112 valence electrons. The van der Waals surface area contributed by atoms with Gasteiger partial charge in [-0.15, -0.1) is 0 Å². The molecule has 0 heterocycles. The van der Waals surface area contributed by atoms with Gasteiger partial charge in [0.25, 0.3) is 0 Å². The molecule has 4 nitrogen and oxygen atoms in total. The topological polar surface area (TPSA) is 47.6 Å². The van der Waals surface area contributed by atoms with E-state index in [-0.39, 0.29) is 6.04 Å². The van der Waals surface area contributed by atoms with Gasteiger partial charge < -0.3 is 14.8 Å². The molecular weight excluding hydrogens is 254 g/mol. The van der Waals surface area contributed by atoms with E-state index in [9.17, 15) is 4.79 Å². The normalized spacial score (nSPS) is 12.7. The van der Waals surface area contributed by atoms with Crippen LogP contribution in [0.25, 0.3) is 0 Å². The Hall–Kier alpha value is -1.71. The van der Waals surface area contributed by atoms with Crippen LogP contribution in [0.5, 0.6) is 5.75 Å². The zero-order valence-corrected chi connectivity index (χ0v) is 13.2. The summed E-state index contributed by atoms with van der Waals surface area (Å²) < 4.78 is 11.0. The third-order valence-corrected chi connectivity index (χ3v) is 2.65. The van der Waals surface area contributed by atoms with Crippen LogP contribution in [0.4, 0.5) is 4.79 Å². The van der Waals surface area contributed by atoms with Gasteiger partial charge >= 0.3 is 6.09 Å². The summed E-state index contributed by atoms with van der Waals surface area (Å²) in [5.41, 5.74) is 1.70. The highest BCUT2D eigenvalue weighted by molar-refractivity contribution is 5.68. The number of nitrogens with one attached hydrogen (secondary N) is 1. The van der Waals surface area contributed by atoms with Crippen LogP contribution in [0.2, 0.25) is 0 Å². The highest BCUT2D eigenvalue weighted by Gasteiger charge is 2.18. The summed E-state index contributed by atoms with van der Waals surface area (Å²) in [6.45, 7) is 11.8. The molecule has 1 unspecified atom stereocenters. The van der Waals surface area contributed by atoms with Crippen LogP contribution in [0, 0.1) is 13.8 Å². The second kappa shape index (κ2) is 6.64. The summed E-state index contributed by atoms with van der Waals surface area (Å²) >= 11 is 0. The third-order valence-electron chi connectivity index (χ3n) is 2.65. The van der Waals surface area contributed by atoms with Gasteiger partial charge in [0, 0.05) is 0 Å². The molecule has 1 rings (SSSR count). The number of ether oxygens (including phenoxy) is 2. The molecule has 1 N–H and O–H groups in total. The van der Waals surface area contributed by atoms with E-state index < -0.39 is 11.7 Å². The summed E-state index contributed by atoms with van der Waals surface area (Å²) in [4.78, 5) is 11.6. The Morgan fingerprint density at radius 1 is 1.25 bits per heavy atom. The first-order chi connectivity index (χ1) is 9.19. The van der Waals surface area contributed by atoms with Gasteiger partial charge in [0.2, 0.25) is 0 Å². The minimum Gasteiger partial charge on any atom is -0.491 e. The molecule has 1 amide bonds. The number of rotatable bonds is 4. The minimum atomic E-state index is -0.489. The molecule has 0 fully saturated rings. The molecular formula is C16H25NO3. The Kier molecular flexibility index (Phi) is 5.43. The Labute approximate surface area is 121 Å². The number of alkyl carbamates (subject to hydrolysis) is 1. The van der Waals surface area contributed by atoms with Crippen LogP contribution in [0.15, 0.2) is 18.2 Å². The fraction of sp³-hybridized carbons (Fsp3) is 0.562. The van der Waals surface area contributed by atoms with Gasteiger partial charge in [0.15, 0.2) is 0 Å². The van der Waals surface area contributed by atoms with E-state index in [2.05, 4.69) is 5.32 Å². The maximum atomic E-state index is 11.6. The van der Waals surface area contributed by atoms with Gasteiger partial charge in [-0.05, 0) is 52.7 Å². The maximum absolute atomic E-state index is 11.6. The van der Waals surface area contributed by atoms with Crippen molar-refractivity contribution in [3.8, 4) is 5.75 Å². The first-order valence-corrected chi connectivity index (χ1v) is 6.87. The van der Waals surface area contributed by atoms with Gasteiger partial charge in [0.05, 0.1) is 6.04 Å². The molecule has 0 aromatic heterocycles. The van der Waals surface area contributed by atoms with E-state index >= 15 is 0 Å². The maximum Gasteiger partial charge on any atom is 0.407 e. The smallest absolute Gasteiger partial charge is 0.407 e. The van der Waals surface area contributed by atoms with E-state index in [0.717, 1.165) is 16.9 Å². The number of carbonyl (C=O) groups is 1. The summed E-state index contributed by atoms with van der Waals surface area (Å²) in [6, 6.07) is 5.89.